The molecule has 1 rings (SSSR count). The molecule has 98 valence electrons. The minimum Gasteiger partial charge on any atom is -0.394 e. The fraction of sp³-hybridized carbons (Fsp3) is 0.333. The van der Waals surface area contributed by atoms with Gasteiger partial charge in [-0.15, -0.1) is 11.6 Å². The molecule has 0 aliphatic carbocycles. The second-order valence-electron chi connectivity index (χ2n) is 3.70. The number of hydrogen-bond donors (Lipinski definition) is 3. The molecule has 0 heterocycles. The molecule has 3 N–H and O–H groups in total. The van der Waals surface area contributed by atoms with Gasteiger partial charge in [-0.25, -0.2) is 0 Å². The molecule has 0 spiro atoms. The Labute approximate surface area is 109 Å². The SMILES string of the molecule is O=C(C(=O)C(Cl)C(O)C(O)CO)c1ccccc1. The van der Waals surface area contributed by atoms with Gasteiger partial charge in [0.25, 0.3) is 0 Å². The number of ketones is 2. The van der Waals surface area contributed by atoms with Crippen molar-refractivity contribution < 1.29 is 24.9 Å². The molecule has 1 aromatic carbocycles. The number of aliphatic hydroxyl groups excluding tert-OH is 3. The lowest BCUT2D eigenvalue weighted by Gasteiger charge is -2.19. The number of halogens is 1. The van der Waals surface area contributed by atoms with Crippen molar-refractivity contribution in [1.29, 1.82) is 0 Å². The van der Waals surface area contributed by atoms with Crippen LogP contribution in [0.1, 0.15) is 10.4 Å². The Kier molecular flexibility index (Phi) is 5.43. The van der Waals surface area contributed by atoms with E-state index in [0.717, 1.165) is 0 Å². The van der Waals surface area contributed by atoms with Crippen LogP contribution in [0.15, 0.2) is 30.3 Å². The molecule has 0 bridgehead atoms. The Bertz CT molecular complexity index is 420. The Balaban J connectivity index is 2.79. The first kappa shape index (κ1) is 14.8. The molecule has 0 saturated carbocycles. The number of alkyl halides is 1. The monoisotopic (exact) mass is 272 g/mol. The number of carbonyl (C=O) groups is 2. The summed E-state index contributed by atoms with van der Waals surface area (Å²) in [6.45, 7) is -0.753. The molecule has 0 fully saturated rings. The van der Waals surface area contributed by atoms with Gasteiger partial charge < -0.3 is 15.3 Å². The van der Waals surface area contributed by atoms with Gasteiger partial charge in [-0.2, -0.15) is 0 Å². The molecule has 18 heavy (non-hydrogen) atoms. The summed E-state index contributed by atoms with van der Waals surface area (Å²) >= 11 is 5.61. The summed E-state index contributed by atoms with van der Waals surface area (Å²) in [6.07, 6.45) is -3.27. The predicted octanol–water partition coefficient (Wildman–Crippen LogP) is -0.240. The molecular formula is C12H13ClO5. The summed E-state index contributed by atoms with van der Waals surface area (Å²) in [4.78, 5) is 23.4. The zero-order valence-corrected chi connectivity index (χ0v) is 10.1. The van der Waals surface area contributed by atoms with Gasteiger partial charge in [-0.1, -0.05) is 30.3 Å². The summed E-state index contributed by atoms with van der Waals surface area (Å²) in [5, 5.41) is 25.6. The van der Waals surface area contributed by atoms with Crippen molar-refractivity contribution in [3.63, 3.8) is 0 Å². The molecule has 0 aliphatic heterocycles. The third-order valence-electron chi connectivity index (χ3n) is 2.39. The number of benzene rings is 1. The van der Waals surface area contributed by atoms with Gasteiger partial charge >= 0.3 is 0 Å². The van der Waals surface area contributed by atoms with Gasteiger partial charge in [0.05, 0.1) is 6.61 Å². The molecule has 0 aliphatic rings. The van der Waals surface area contributed by atoms with E-state index >= 15 is 0 Å². The van der Waals surface area contributed by atoms with E-state index in [1.54, 1.807) is 18.2 Å². The van der Waals surface area contributed by atoms with Crippen molar-refractivity contribution in [2.75, 3.05) is 6.61 Å². The normalized spacial score (nSPS) is 15.8. The molecule has 0 aromatic heterocycles. The lowest BCUT2D eigenvalue weighted by atomic mass is 10.0. The van der Waals surface area contributed by atoms with E-state index in [-0.39, 0.29) is 5.56 Å². The average Bonchev–Trinajstić information content (AvgIpc) is 2.44. The smallest absolute Gasteiger partial charge is 0.230 e. The number of hydrogen-bond acceptors (Lipinski definition) is 5. The van der Waals surface area contributed by atoms with Crippen molar-refractivity contribution in [2.24, 2.45) is 0 Å². The second-order valence-corrected chi connectivity index (χ2v) is 4.17. The second kappa shape index (κ2) is 6.61. The number of aliphatic hydroxyl groups is 3. The van der Waals surface area contributed by atoms with E-state index in [0.29, 0.717) is 0 Å². The maximum atomic E-state index is 11.7. The topological polar surface area (TPSA) is 94.8 Å². The van der Waals surface area contributed by atoms with Gasteiger partial charge in [0, 0.05) is 5.56 Å². The van der Waals surface area contributed by atoms with Crippen LogP contribution in [0.5, 0.6) is 0 Å². The zero-order valence-electron chi connectivity index (χ0n) is 9.36. The maximum Gasteiger partial charge on any atom is 0.230 e. The summed E-state index contributed by atoms with van der Waals surface area (Å²) in [5.74, 6) is -1.87. The standard InChI is InChI=1S/C12H13ClO5/c13-9(11(17)8(15)6-14)12(18)10(16)7-4-2-1-3-5-7/h1-5,8-9,11,14-15,17H,6H2. The lowest BCUT2D eigenvalue weighted by Crippen LogP contribution is -2.43. The van der Waals surface area contributed by atoms with Gasteiger partial charge in [0.2, 0.25) is 11.6 Å². The third kappa shape index (κ3) is 3.36. The number of carbonyl (C=O) groups excluding carboxylic acids is 2. The maximum absolute atomic E-state index is 11.7. The van der Waals surface area contributed by atoms with Crippen LogP contribution in [0.4, 0.5) is 0 Å². The van der Waals surface area contributed by atoms with Crippen molar-refractivity contribution in [2.45, 2.75) is 17.6 Å². The zero-order chi connectivity index (χ0) is 13.7. The molecule has 1 aromatic rings. The van der Waals surface area contributed by atoms with Crippen molar-refractivity contribution in [1.82, 2.24) is 0 Å². The molecule has 3 atom stereocenters. The van der Waals surface area contributed by atoms with Crippen LogP contribution >= 0.6 is 11.6 Å². The van der Waals surface area contributed by atoms with E-state index in [9.17, 15) is 14.7 Å². The quantitative estimate of drug-likeness (QED) is 0.377. The first-order chi connectivity index (χ1) is 8.49. The average molecular weight is 273 g/mol. The van der Waals surface area contributed by atoms with Crippen LogP contribution in [0.2, 0.25) is 0 Å². The molecule has 0 radical (unpaired) electrons. The van der Waals surface area contributed by atoms with Gasteiger partial charge in [-0.05, 0) is 0 Å². The van der Waals surface area contributed by atoms with Crippen LogP contribution in [0, 0.1) is 0 Å². The fourth-order valence-electron chi connectivity index (χ4n) is 1.32. The first-order valence-electron chi connectivity index (χ1n) is 5.23. The molecule has 0 saturated heterocycles. The largest absolute Gasteiger partial charge is 0.394 e. The minimum absolute atomic E-state index is 0.152. The van der Waals surface area contributed by atoms with Gasteiger partial charge in [-0.3, -0.25) is 9.59 Å². The van der Waals surface area contributed by atoms with E-state index < -0.39 is 35.8 Å². The van der Waals surface area contributed by atoms with Crippen LogP contribution < -0.4 is 0 Å². The number of rotatable bonds is 6. The summed E-state index contributed by atoms with van der Waals surface area (Å²) < 4.78 is 0. The van der Waals surface area contributed by atoms with E-state index in [4.69, 9.17) is 21.8 Å². The molecule has 0 amide bonds. The van der Waals surface area contributed by atoms with Gasteiger partial charge in [0.15, 0.2) is 0 Å². The molecule has 6 heteroatoms. The Hall–Kier alpha value is -1.27. The summed E-state index contributed by atoms with van der Waals surface area (Å²) in [6, 6.07) is 7.74. The van der Waals surface area contributed by atoms with Crippen LogP contribution in [0.25, 0.3) is 0 Å². The van der Waals surface area contributed by atoms with Crippen LogP contribution in [-0.2, 0) is 4.79 Å². The summed E-state index contributed by atoms with van der Waals surface area (Å²) in [5.41, 5.74) is 0.152. The lowest BCUT2D eigenvalue weighted by molar-refractivity contribution is -0.118. The Morgan fingerprint density at radius 3 is 2.22 bits per heavy atom. The van der Waals surface area contributed by atoms with Crippen molar-refractivity contribution >= 4 is 23.2 Å². The third-order valence-corrected chi connectivity index (χ3v) is 2.85. The highest BCUT2D eigenvalue weighted by molar-refractivity contribution is 6.53. The molecule has 3 unspecified atom stereocenters. The minimum atomic E-state index is -1.70. The summed E-state index contributed by atoms with van der Waals surface area (Å²) in [7, 11) is 0. The molecule has 5 nitrogen and oxygen atoms in total. The van der Waals surface area contributed by atoms with Crippen LogP contribution in [0.3, 0.4) is 0 Å². The highest BCUT2D eigenvalue weighted by Crippen LogP contribution is 2.12. The van der Waals surface area contributed by atoms with Gasteiger partial charge in [0.1, 0.15) is 17.6 Å². The molecular weight excluding hydrogens is 260 g/mol. The van der Waals surface area contributed by atoms with E-state index in [1.165, 1.54) is 12.1 Å². The highest BCUT2D eigenvalue weighted by atomic mass is 35.5. The van der Waals surface area contributed by atoms with E-state index in [2.05, 4.69) is 0 Å². The van der Waals surface area contributed by atoms with Crippen molar-refractivity contribution in [3.05, 3.63) is 35.9 Å². The Morgan fingerprint density at radius 1 is 1.17 bits per heavy atom. The predicted molar refractivity (Wildman–Crippen MR) is 64.5 cm³/mol. The van der Waals surface area contributed by atoms with Crippen molar-refractivity contribution in [3.8, 4) is 0 Å². The highest BCUT2D eigenvalue weighted by Gasteiger charge is 2.33. The Morgan fingerprint density at radius 2 is 1.72 bits per heavy atom. The van der Waals surface area contributed by atoms with E-state index in [1.807, 2.05) is 0 Å². The van der Waals surface area contributed by atoms with Crippen LogP contribution in [-0.4, -0.2) is 51.1 Å². The first-order valence-corrected chi connectivity index (χ1v) is 5.67. The fourth-order valence-corrected chi connectivity index (χ4v) is 1.58. The number of Topliss-reactive ketones (excluding diaryl/α,β-unsaturated/α-hetero) is 2.